The van der Waals surface area contributed by atoms with Crippen molar-refractivity contribution in [2.24, 2.45) is 0 Å². The third kappa shape index (κ3) is 3.20. The zero-order chi connectivity index (χ0) is 13.0. The SMILES string of the molecule is Nc1ccc(NCCc2cccs2)c(C(F)F)c1. The van der Waals surface area contributed by atoms with Crippen LogP contribution in [0.15, 0.2) is 35.7 Å². The number of alkyl halides is 2. The molecule has 0 radical (unpaired) electrons. The van der Waals surface area contributed by atoms with Gasteiger partial charge in [0.25, 0.3) is 6.43 Å². The van der Waals surface area contributed by atoms with Gasteiger partial charge in [-0.1, -0.05) is 6.07 Å². The highest BCUT2D eigenvalue weighted by atomic mass is 32.1. The third-order valence-corrected chi connectivity index (χ3v) is 3.51. The van der Waals surface area contributed by atoms with Crippen LogP contribution in [0.2, 0.25) is 0 Å². The molecule has 1 heterocycles. The lowest BCUT2D eigenvalue weighted by molar-refractivity contribution is 0.152. The lowest BCUT2D eigenvalue weighted by atomic mass is 10.1. The van der Waals surface area contributed by atoms with Gasteiger partial charge in [0.1, 0.15) is 0 Å². The Morgan fingerprint density at radius 3 is 2.78 bits per heavy atom. The molecule has 0 aliphatic carbocycles. The van der Waals surface area contributed by atoms with E-state index in [-0.39, 0.29) is 5.56 Å². The third-order valence-electron chi connectivity index (χ3n) is 2.58. The highest BCUT2D eigenvalue weighted by Crippen LogP contribution is 2.28. The Bertz CT molecular complexity index is 498. The summed E-state index contributed by atoms with van der Waals surface area (Å²) < 4.78 is 25.6. The second kappa shape index (κ2) is 5.82. The van der Waals surface area contributed by atoms with Crippen molar-refractivity contribution in [2.75, 3.05) is 17.6 Å². The first-order chi connectivity index (χ1) is 8.66. The number of benzene rings is 1. The lowest BCUT2D eigenvalue weighted by Crippen LogP contribution is -2.07. The number of rotatable bonds is 5. The Morgan fingerprint density at radius 1 is 1.28 bits per heavy atom. The first-order valence-corrected chi connectivity index (χ1v) is 6.48. The summed E-state index contributed by atoms with van der Waals surface area (Å²) in [6, 6.07) is 8.56. The zero-order valence-electron chi connectivity index (χ0n) is 9.70. The molecule has 0 amide bonds. The lowest BCUT2D eigenvalue weighted by Gasteiger charge is -2.11. The molecule has 3 N–H and O–H groups in total. The summed E-state index contributed by atoms with van der Waals surface area (Å²) >= 11 is 1.66. The van der Waals surface area contributed by atoms with E-state index in [4.69, 9.17) is 5.73 Å². The number of nitrogens with one attached hydrogen (secondary N) is 1. The minimum Gasteiger partial charge on any atom is -0.399 e. The van der Waals surface area contributed by atoms with Crippen LogP contribution in [0, 0.1) is 0 Å². The van der Waals surface area contributed by atoms with Crippen LogP contribution in [0.1, 0.15) is 16.9 Å². The number of thiophene rings is 1. The number of nitrogens with two attached hydrogens (primary N) is 1. The fraction of sp³-hybridized carbons (Fsp3) is 0.231. The molecule has 0 bridgehead atoms. The van der Waals surface area contributed by atoms with Gasteiger partial charge in [0.2, 0.25) is 0 Å². The molecule has 2 rings (SSSR count). The summed E-state index contributed by atoms with van der Waals surface area (Å²) in [6.45, 7) is 0.629. The predicted octanol–water partition coefficient (Wildman–Crippen LogP) is 3.92. The van der Waals surface area contributed by atoms with Crippen LogP contribution in [0.3, 0.4) is 0 Å². The van der Waals surface area contributed by atoms with Gasteiger partial charge in [0, 0.05) is 28.4 Å². The molecule has 1 aromatic carbocycles. The van der Waals surface area contributed by atoms with Gasteiger partial charge in [-0.2, -0.15) is 0 Å². The molecule has 1 aromatic heterocycles. The molecule has 96 valence electrons. The minimum atomic E-state index is -2.52. The fourth-order valence-electron chi connectivity index (χ4n) is 1.70. The van der Waals surface area contributed by atoms with Crippen molar-refractivity contribution in [1.82, 2.24) is 0 Å². The smallest absolute Gasteiger partial charge is 0.265 e. The van der Waals surface area contributed by atoms with Crippen molar-refractivity contribution in [1.29, 1.82) is 0 Å². The number of halogens is 2. The van der Waals surface area contributed by atoms with E-state index in [1.165, 1.54) is 10.9 Å². The van der Waals surface area contributed by atoms with Crippen LogP contribution < -0.4 is 11.1 Å². The van der Waals surface area contributed by atoms with E-state index in [1.807, 2.05) is 17.5 Å². The quantitative estimate of drug-likeness (QED) is 0.806. The molecule has 0 saturated heterocycles. The Morgan fingerprint density at radius 2 is 2.11 bits per heavy atom. The molecule has 18 heavy (non-hydrogen) atoms. The molecular weight excluding hydrogens is 254 g/mol. The van der Waals surface area contributed by atoms with E-state index >= 15 is 0 Å². The number of hydrogen-bond acceptors (Lipinski definition) is 3. The number of anilines is 2. The van der Waals surface area contributed by atoms with E-state index in [9.17, 15) is 8.78 Å². The monoisotopic (exact) mass is 268 g/mol. The zero-order valence-corrected chi connectivity index (χ0v) is 10.5. The Kier molecular flexibility index (Phi) is 4.15. The molecule has 2 nitrogen and oxygen atoms in total. The summed E-state index contributed by atoms with van der Waals surface area (Å²) in [5.41, 5.74) is 6.28. The summed E-state index contributed by atoms with van der Waals surface area (Å²) in [6.07, 6.45) is -1.69. The van der Waals surface area contributed by atoms with Crippen molar-refractivity contribution in [2.45, 2.75) is 12.8 Å². The van der Waals surface area contributed by atoms with Gasteiger partial charge in [-0.3, -0.25) is 0 Å². The topological polar surface area (TPSA) is 38.0 Å². The average molecular weight is 268 g/mol. The predicted molar refractivity (Wildman–Crippen MR) is 72.3 cm³/mol. The molecule has 2 aromatic rings. The van der Waals surface area contributed by atoms with Gasteiger partial charge < -0.3 is 11.1 Å². The van der Waals surface area contributed by atoms with Crippen molar-refractivity contribution < 1.29 is 8.78 Å². The first-order valence-electron chi connectivity index (χ1n) is 5.60. The first kappa shape index (κ1) is 12.8. The average Bonchev–Trinajstić information content (AvgIpc) is 2.84. The molecule has 0 spiro atoms. The highest BCUT2D eigenvalue weighted by molar-refractivity contribution is 7.09. The van der Waals surface area contributed by atoms with Crippen molar-refractivity contribution in [3.05, 3.63) is 46.2 Å². The normalized spacial score (nSPS) is 10.8. The fourth-order valence-corrected chi connectivity index (χ4v) is 2.41. The van der Waals surface area contributed by atoms with Crippen LogP contribution in [0.4, 0.5) is 20.2 Å². The molecular formula is C13H14F2N2S. The Hall–Kier alpha value is -1.62. The van der Waals surface area contributed by atoms with Gasteiger partial charge in [0.15, 0.2) is 0 Å². The van der Waals surface area contributed by atoms with Gasteiger partial charge in [-0.25, -0.2) is 8.78 Å². The van der Waals surface area contributed by atoms with Gasteiger partial charge in [0.05, 0.1) is 0 Å². The van der Waals surface area contributed by atoms with E-state index in [1.54, 1.807) is 23.5 Å². The Balaban J connectivity index is 2.00. The number of hydrogen-bond donors (Lipinski definition) is 2. The molecule has 0 aliphatic heterocycles. The van der Waals surface area contributed by atoms with Crippen molar-refractivity contribution in [3.8, 4) is 0 Å². The van der Waals surface area contributed by atoms with Gasteiger partial charge >= 0.3 is 0 Å². The summed E-state index contributed by atoms with van der Waals surface area (Å²) in [4.78, 5) is 1.23. The number of nitrogen functional groups attached to an aromatic ring is 1. The summed E-state index contributed by atoms with van der Waals surface area (Å²) in [5.74, 6) is 0. The van der Waals surface area contributed by atoms with Crippen molar-refractivity contribution in [3.63, 3.8) is 0 Å². The molecule has 0 aliphatic rings. The van der Waals surface area contributed by atoms with Crippen LogP contribution >= 0.6 is 11.3 Å². The van der Waals surface area contributed by atoms with Crippen LogP contribution in [0.5, 0.6) is 0 Å². The second-order valence-corrected chi connectivity index (χ2v) is 4.94. The molecule has 0 saturated carbocycles. The Labute approximate surface area is 108 Å². The standard InChI is InChI=1S/C13H14F2N2S/c14-13(15)11-8-9(16)3-4-12(11)17-6-5-10-2-1-7-18-10/h1-4,7-8,13,17H,5-6,16H2. The maximum absolute atomic E-state index is 12.8. The second-order valence-electron chi connectivity index (χ2n) is 3.90. The molecule has 0 atom stereocenters. The van der Waals surface area contributed by atoms with E-state index < -0.39 is 6.43 Å². The summed E-state index contributed by atoms with van der Waals surface area (Å²) in [7, 11) is 0. The molecule has 0 fully saturated rings. The maximum Gasteiger partial charge on any atom is 0.265 e. The van der Waals surface area contributed by atoms with Gasteiger partial charge in [-0.15, -0.1) is 11.3 Å². The van der Waals surface area contributed by atoms with Crippen LogP contribution in [-0.2, 0) is 6.42 Å². The van der Waals surface area contributed by atoms with E-state index in [0.717, 1.165) is 6.42 Å². The van der Waals surface area contributed by atoms with Crippen molar-refractivity contribution >= 4 is 22.7 Å². The summed E-state index contributed by atoms with van der Waals surface area (Å²) in [5, 5.41) is 5.03. The minimum absolute atomic E-state index is 0.0406. The maximum atomic E-state index is 12.8. The highest BCUT2D eigenvalue weighted by Gasteiger charge is 2.12. The van der Waals surface area contributed by atoms with E-state index in [0.29, 0.717) is 17.9 Å². The molecule has 0 unspecified atom stereocenters. The molecule has 5 heteroatoms. The van der Waals surface area contributed by atoms with E-state index in [2.05, 4.69) is 5.32 Å². The van der Waals surface area contributed by atoms with Crippen LogP contribution in [-0.4, -0.2) is 6.54 Å². The van der Waals surface area contributed by atoms with Crippen LogP contribution in [0.25, 0.3) is 0 Å². The largest absolute Gasteiger partial charge is 0.399 e. The van der Waals surface area contributed by atoms with Gasteiger partial charge in [-0.05, 0) is 36.1 Å².